The fraction of sp³-hybridized carbons (Fsp3) is 0.636. The summed E-state index contributed by atoms with van der Waals surface area (Å²) < 4.78 is 0. The van der Waals surface area contributed by atoms with E-state index in [0.717, 1.165) is 24.2 Å². The molecule has 2 N–H and O–H groups in total. The molecular formula is C11H16N2O3. The second-order valence-corrected chi connectivity index (χ2v) is 4.30. The highest BCUT2D eigenvalue weighted by Crippen LogP contribution is 2.30. The van der Waals surface area contributed by atoms with E-state index in [2.05, 4.69) is 11.2 Å². The Hall–Kier alpha value is -1.70. The number of urea groups is 1. The molecule has 0 aliphatic heterocycles. The van der Waals surface area contributed by atoms with Gasteiger partial charge in [0.25, 0.3) is 0 Å². The number of terminal acetylenes is 1. The fourth-order valence-corrected chi connectivity index (χ4v) is 1.64. The van der Waals surface area contributed by atoms with E-state index in [1.54, 1.807) is 0 Å². The topological polar surface area (TPSA) is 69.6 Å². The van der Waals surface area contributed by atoms with Crippen LogP contribution in [0.1, 0.15) is 26.2 Å². The van der Waals surface area contributed by atoms with Gasteiger partial charge in [-0.3, -0.25) is 4.79 Å². The summed E-state index contributed by atoms with van der Waals surface area (Å²) in [5.74, 6) is 1.21. The lowest BCUT2D eigenvalue weighted by molar-refractivity contribution is -0.137. The Labute approximate surface area is 94.8 Å². The first-order chi connectivity index (χ1) is 7.47. The van der Waals surface area contributed by atoms with Gasteiger partial charge in [-0.1, -0.05) is 5.92 Å². The molecule has 0 radical (unpaired) electrons. The summed E-state index contributed by atoms with van der Waals surface area (Å²) in [7, 11) is 0. The van der Waals surface area contributed by atoms with E-state index in [-0.39, 0.29) is 18.6 Å². The molecule has 1 aliphatic rings. The van der Waals surface area contributed by atoms with Gasteiger partial charge in [-0.15, -0.1) is 6.42 Å². The molecule has 1 fully saturated rings. The van der Waals surface area contributed by atoms with Crippen LogP contribution in [0.5, 0.6) is 0 Å². The van der Waals surface area contributed by atoms with Crippen molar-refractivity contribution in [1.29, 1.82) is 0 Å². The van der Waals surface area contributed by atoms with Crippen molar-refractivity contribution in [1.82, 2.24) is 10.2 Å². The third-order valence-electron chi connectivity index (χ3n) is 2.76. The molecular weight excluding hydrogens is 208 g/mol. The van der Waals surface area contributed by atoms with Crippen molar-refractivity contribution in [2.24, 2.45) is 0 Å². The predicted octanol–water partition coefficient (Wildman–Crippen LogP) is 0.658. The summed E-state index contributed by atoms with van der Waals surface area (Å²) in [4.78, 5) is 23.4. The average Bonchev–Trinajstić information content (AvgIpc) is 2.14. The number of nitrogens with zero attached hydrogens (tertiary/aromatic N) is 1. The van der Waals surface area contributed by atoms with Gasteiger partial charge in [0, 0.05) is 5.54 Å². The second kappa shape index (κ2) is 4.88. The second-order valence-electron chi connectivity index (χ2n) is 4.30. The zero-order valence-electron chi connectivity index (χ0n) is 9.32. The van der Waals surface area contributed by atoms with Gasteiger partial charge in [0.2, 0.25) is 0 Å². The Balaban J connectivity index is 2.53. The fourth-order valence-electron chi connectivity index (χ4n) is 1.64. The van der Waals surface area contributed by atoms with Gasteiger partial charge in [0.05, 0.1) is 6.54 Å². The number of aliphatic carboxylic acids is 1. The van der Waals surface area contributed by atoms with Crippen LogP contribution in [0.25, 0.3) is 0 Å². The highest BCUT2D eigenvalue weighted by Gasteiger charge is 2.34. The molecule has 0 aromatic rings. The molecule has 0 aromatic heterocycles. The first-order valence-electron chi connectivity index (χ1n) is 5.19. The van der Waals surface area contributed by atoms with Crippen LogP contribution in [-0.4, -0.2) is 40.6 Å². The Morgan fingerprint density at radius 3 is 2.56 bits per heavy atom. The van der Waals surface area contributed by atoms with Crippen LogP contribution in [0.4, 0.5) is 4.79 Å². The van der Waals surface area contributed by atoms with E-state index in [4.69, 9.17) is 11.5 Å². The number of carbonyl (C=O) groups is 2. The maximum Gasteiger partial charge on any atom is 0.323 e. The Kier molecular flexibility index (Phi) is 3.78. The zero-order valence-corrected chi connectivity index (χ0v) is 9.32. The maximum absolute atomic E-state index is 11.7. The Morgan fingerprint density at radius 2 is 2.19 bits per heavy atom. The van der Waals surface area contributed by atoms with Gasteiger partial charge < -0.3 is 15.3 Å². The summed E-state index contributed by atoms with van der Waals surface area (Å²) in [6.07, 6.45) is 8.03. The van der Waals surface area contributed by atoms with Gasteiger partial charge in [-0.2, -0.15) is 0 Å². The van der Waals surface area contributed by atoms with Gasteiger partial charge in [0.1, 0.15) is 6.54 Å². The van der Waals surface area contributed by atoms with Gasteiger partial charge in [-0.25, -0.2) is 4.79 Å². The highest BCUT2D eigenvalue weighted by molar-refractivity contribution is 5.80. The molecule has 5 nitrogen and oxygen atoms in total. The van der Waals surface area contributed by atoms with Crippen LogP contribution < -0.4 is 5.32 Å². The lowest BCUT2D eigenvalue weighted by atomic mass is 9.79. The third-order valence-corrected chi connectivity index (χ3v) is 2.76. The standard InChI is InChI=1S/C11H16N2O3/c1-3-7-13(8-9(14)15)10(16)12-11(2)5-4-6-11/h1H,4-8H2,2H3,(H,12,16)(H,14,15). The van der Waals surface area contributed by atoms with Crippen LogP contribution in [0.15, 0.2) is 0 Å². The molecule has 1 rings (SSSR count). The first kappa shape index (κ1) is 12.4. The Bertz CT molecular complexity index is 329. The number of carboxylic acids is 1. The van der Waals surface area contributed by atoms with E-state index in [0.29, 0.717) is 0 Å². The minimum atomic E-state index is -1.07. The molecule has 0 saturated heterocycles. The van der Waals surface area contributed by atoms with Crippen molar-refractivity contribution in [3.05, 3.63) is 0 Å². The van der Waals surface area contributed by atoms with E-state index < -0.39 is 12.0 Å². The molecule has 0 heterocycles. The van der Waals surface area contributed by atoms with Gasteiger partial charge in [-0.05, 0) is 26.2 Å². The zero-order chi connectivity index (χ0) is 12.2. The molecule has 0 spiro atoms. The van der Waals surface area contributed by atoms with Crippen molar-refractivity contribution in [2.45, 2.75) is 31.7 Å². The number of amides is 2. The van der Waals surface area contributed by atoms with E-state index in [9.17, 15) is 9.59 Å². The summed E-state index contributed by atoms with van der Waals surface area (Å²) in [5.41, 5.74) is -0.192. The van der Waals surface area contributed by atoms with Crippen LogP contribution in [0.3, 0.4) is 0 Å². The number of hydrogen-bond acceptors (Lipinski definition) is 2. The molecule has 0 aromatic carbocycles. The van der Waals surface area contributed by atoms with Crippen LogP contribution >= 0.6 is 0 Å². The van der Waals surface area contributed by atoms with Crippen LogP contribution in [0.2, 0.25) is 0 Å². The minimum Gasteiger partial charge on any atom is -0.480 e. The molecule has 1 saturated carbocycles. The van der Waals surface area contributed by atoms with E-state index in [1.165, 1.54) is 0 Å². The molecule has 0 bridgehead atoms. The Morgan fingerprint density at radius 1 is 1.56 bits per heavy atom. The molecule has 5 heteroatoms. The molecule has 1 aliphatic carbocycles. The van der Waals surface area contributed by atoms with E-state index in [1.807, 2.05) is 6.92 Å². The smallest absolute Gasteiger partial charge is 0.323 e. The molecule has 88 valence electrons. The first-order valence-corrected chi connectivity index (χ1v) is 5.19. The number of hydrogen-bond donors (Lipinski definition) is 2. The lowest BCUT2D eigenvalue weighted by Gasteiger charge is -2.40. The van der Waals surface area contributed by atoms with Gasteiger partial charge in [0.15, 0.2) is 0 Å². The number of rotatable bonds is 4. The average molecular weight is 224 g/mol. The third kappa shape index (κ3) is 3.16. The summed E-state index contributed by atoms with van der Waals surface area (Å²) >= 11 is 0. The number of carbonyl (C=O) groups excluding carboxylic acids is 1. The quantitative estimate of drug-likeness (QED) is 0.689. The number of carboxylic acid groups (broad SMARTS) is 1. The molecule has 0 atom stereocenters. The van der Waals surface area contributed by atoms with Crippen LogP contribution in [0, 0.1) is 12.3 Å². The van der Waals surface area contributed by atoms with Crippen molar-refractivity contribution in [3.8, 4) is 12.3 Å². The molecule has 0 unspecified atom stereocenters. The lowest BCUT2D eigenvalue weighted by Crippen LogP contribution is -2.55. The highest BCUT2D eigenvalue weighted by atomic mass is 16.4. The van der Waals surface area contributed by atoms with Crippen molar-refractivity contribution in [3.63, 3.8) is 0 Å². The normalized spacial score (nSPS) is 16.8. The summed E-state index contributed by atoms with van der Waals surface area (Å²) in [5, 5.41) is 11.4. The van der Waals surface area contributed by atoms with Crippen molar-refractivity contribution < 1.29 is 14.7 Å². The minimum absolute atomic E-state index is 0.00815. The summed E-state index contributed by atoms with van der Waals surface area (Å²) in [6, 6.07) is -0.400. The monoisotopic (exact) mass is 224 g/mol. The van der Waals surface area contributed by atoms with Crippen molar-refractivity contribution >= 4 is 12.0 Å². The predicted molar refractivity (Wildman–Crippen MR) is 58.8 cm³/mol. The number of nitrogens with one attached hydrogen (secondary N) is 1. The van der Waals surface area contributed by atoms with Crippen molar-refractivity contribution in [2.75, 3.05) is 13.1 Å². The van der Waals surface area contributed by atoms with Crippen LogP contribution in [-0.2, 0) is 4.79 Å². The SMILES string of the molecule is C#CCN(CC(=O)O)C(=O)NC1(C)CCC1. The molecule has 16 heavy (non-hydrogen) atoms. The van der Waals surface area contributed by atoms with E-state index >= 15 is 0 Å². The van der Waals surface area contributed by atoms with Gasteiger partial charge >= 0.3 is 12.0 Å². The summed E-state index contributed by atoms with van der Waals surface area (Å²) in [6.45, 7) is 1.59. The largest absolute Gasteiger partial charge is 0.480 e. The molecule has 2 amide bonds. The maximum atomic E-state index is 11.7.